The van der Waals surface area contributed by atoms with E-state index in [-0.39, 0.29) is 5.41 Å². The highest BCUT2D eigenvalue weighted by Gasteiger charge is 2.04. The van der Waals surface area contributed by atoms with E-state index in [0.717, 1.165) is 6.08 Å². The fourth-order valence-corrected chi connectivity index (χ4v) is 0.599. The maximum absolute atomic E-state index is 10.5. The summed E-state index contributed by atoms with van der Waals surface area (Å²) in [5.41, 5.74) is 0. The fourth-order valence-electron chi connectivity index (χ4n) is 0.316. The average molecular weight is 206 g/mol. The lowest BCUT2D eigenvalue weighted by molar-refractivity contribution is -0.152. The van der Waals surface area contributed by atoms with Crippen molar-refractivity contribution in [3.8, 4) is 0 Å². The predicted octanol–water partition coefficient (Wildman–Crippen LogP) is -0.356. The Kier molecular flexibility index (Phi) is 4.02. The first-order valence-electron chi connectivity index (χ1n) is 2.89. The van der Waals surface area contributed by atoms with Crippen molar-refractivity contribution in [1.82, 2.24) is 0 Å². The molecule has 0 aliphatic heterocycles. The molecule has 0 aromatic heterocycles. The van der Waals surface area contributed by atoms with Gasteiger partial charge >= 0.3 is 11.9 Å². The van der Waals surface area contributed by atoms with Gasteiger partial charge in [-0.1, -0.05) is 6.58 Å². The van der Waals surface area contributed by atoms with Crippen LogP contribution in [0.1, 0.15) is 0 Å². The highest BCUT2D eigenvalue weighted by molar-refractivity contribution is 7.88. The van der Waals surface area contributed by atoms with Gasteiger partial charge in [0.2, 0.25) is 0 Å². The molecular weight excluding hydrogens is 200 g/mol. The minimum atomic E-state index is -4.38. The number of hydrogen-bond donors (Lipinski definition) is 1. The van der Waals surface area contributed by atoms with Gasteiger partial charge in [0, 0.05) is 12.2 Å². The monoisotopic (exact) mass is 206 g/mol. The molecule has 0 amide bonds. The Morgan fingerprint density at radius 2 is 1.85 bits per heavy atom. The second-order valence-electron chi connectivity index (χ2n) is 1.76. The number of esters is 2. The zero-order valence-corrected chi connectivity index (χ0v) is 7.15. The summed E-state index contributed by atoms with van der Waals surface area (Å²) >= 11 is 0. The van der Waals surface area contributed by atoms with Crippen LogP contribution in [0.5, 0.6) is 0 Å². The van der Waals surface area contributed by atoms with Crippen molar-refractivity contribution < 1.29 is 27.3 Å². The molecule has 0 rings (SSSR count). The van der Waals surface area contributed by atoms with Crippen molar-refractivity contribution in [2.45, 2.75) is 0 Å². The molecule has 0 unspecified atom stereocenters. The molecule has 0 atom stereocenters. The lowest BCUT2D eigenvalue weighted by atomic mass is 10.6. The molecule has 7 heteroatoms. The molecule has 0 heterocycles. The Morgan fingerprint density at radius 3 is 2.23 bits per heavy atom. The summed E-state index contributed by atoms with van der Waals surface area (Å²) in [6.45, 7) is 3.00. The van der Waals surface area contributed by atoms with Gasteiger partial charge in [0.05, 0.1) is 5.41 Å². The van der Waals surface area contributed by atoms with Crippen LogP contribution in [0.4, 0.5) is 0 Å². The highest BCUT2D eigenvalue weighted by atomic mass is 32.2. The van der Waals surface area contributed by atoms with Gasteiger partial charge in [-0.15, -0.1) is 0 Å². The minimum Gasteiger partial charge on any atom is -0.387 e. The van der Waals surface area contributed by atoms with E-state index in [1.807, 2.05) is 0 Å². The summed E-state index contributed by atoms with van der Waals surface area (Å²) in [6, 6.07) is 0. The van der Waals surface area contributed by atoms with Gasteiger partial charge in [-0.25, -0.2) is 9.59 Å². The molecule has 0 aliphatic carbocycles. The third-order valence-electron chi connectivity index (χ3n) is 0.744. The maximum Gasteiger partial charge on any atom is 0.339 e. The SMILES string of the molecule is C=CC(=O)OC(=O)C=CS(=O)(=O)O. The summed E-state index contributed by atoms with van der Waals surface area (Å²) in [6.07, 6.45) is 1.13. The fraction of sp³-hybridized carbons (Fsp3) is 0. The maximum atomic E-state index is 10.5. The summed E-state index contributed by atoms with van der Waals surface area (Å²) in [5, 5.41) is 0.200. The number of carbonyl (C=O) groups excluding carboxylic acids is 2. The Balaban J connectivity index is 4.26. The molecule has 0 spiro atoms. The molecular formula is C6H6O6S. The van der Waals surface area contributed by atoms with E-state index in [1.54, 1.807) is 0 Å². The molecule has 13 heavy (non-hydrogen) atoms. The third kappa shape index (κ3) is 6.91. The first-order valence-corrected chi connectivity index (χ1v) is 4.39. The lowest BCUT2D eigenvalue weighted by Gasteiger charge is -1.92. The van der Waals surface area contributed by atoms with Crippen LogP contribution in [0.2, 0.25) is 0 Å². The summed E-state index contributed by atoms with van der Waals surface area (Å²) in [5.74, 6) is -2.22. The Morgan fingerprint density at radius 1 is 1.31 bits per heavy atom. The van der Waals surface area contributed by atoms with E-state index < -0.39 is 22.1 Å². The van der Waals surface area contributed by atoms with Crippen LogP contribution in [0, 0.1) is 0 Å². The molecule has 0 radical (unpaired) electrons. The van der Waals surface area contributed by atoms with Crippen LogP contribution in [0.25, 0.3) is 0 Å². The van der Waals surface area contributed by atoms with Crippen LogP contribution < -0.4 is 0 Å². The first kappa shape index (κ1) is 11.5. The van der Waals surface area contributed by atoms with Crippen LogP contribution in [-0.2, 0) is 24.4 Å². The van der Waals surface area contributed by atoms with Crippen molar-refractivity contribution in [3.63, 3.8) is 0 Å². The zero-order valence-electron chi connectivity index (χ0n) is 6.34. The molecule has 0 aromatic rings. The second-order valence-corrected chi connectivity index (χ2v) is 3.06. The molecule has 0 saturated carbocycles. The zero-order chi connectivity index (χ0) is 10.5. The molecule has 72 valence electrons. The van der Waals surface area contributed by atoms with E-state index >= 15 is 0 Å². The smallest absolute Gasteiger partial charge is 0.339 e. The molecule has 0 saturated heterocycles. The molecule has 6 nitrogen and oxygen atoms in total. The van der Waals surface area contributed by atoms with Crippen LogP contribution in [0.15, 0.2) is 24.1 Å². The predicted molar refractivity (Wildman–Crippen MR) is 42.0 cm³/mol. The normalized spacial score (nSPS) is 11.2. The van der Waals surface area contributed by atoms with Crippen molar-refractivity contribution in [3.05, 3.63) is 24.1 Å². The first-order chi connectivity index (χ1) is 5.85. The summed E-state index contributed by atoms with van der Waals surface area (Å²) in [4.78, 5) is 20.8. The van der Waals surface area contributed by atoms with Gasteiger partial charge in [-0.05, 0) is 0 Å². The van der Waals surface area contributed by atoms with E-state index in [4.69, 9.17) is 4.55 Å². The van der Waals surface area contributed by atoms with Crippen molar-refractivity contribution in [2.75, 3.05) is 0 Å². The molecule has 1 N–H and O–H groups in total. The average Bonchev–Trinajstić information content (AvgIpc) is 1.99. The Labute approximate surface area is 74.2 Å². The topological polar surface area (TPSA) is 97.7 Å². The van der Waals surface area contributed by atoms with Crippen LogP contribution in [0.3, 0.4) is 0 Å². The minimum absolute atomic E-state index is 0.200. The highest BCUT2D eigenvalue weighted by Crippen LogP contribution is 1.88. The number of rotatable bonds is 3. The van der Waals surface area contributed by atoms with Gasteiger partial charge < -0.3 is 4.74 Å². The Hall–Kier alpha value is -1.47. The van der Waals surface area contributed by atoms with Gasteiger partial charge in [-0.2, -0.15) is 8.42 Å². The van der Waals surface area contributed by atoms with E-state index in [2.05, 4.69) is 11.3 Å². The van der Waals surface area contributed by atoms with E-state index in [1.165, 1.54) is 0 Å². The number of ether oxygens (including phenoxy) is 1. The van der Waals surface area contributed by atoms with E-state index in [0.29, 0.717) is 6.08 Å². The molecule has 0 fully saturated rings. The van der Waals surface area contributed by atoms with Crippen molar-refractivity contribution >= 4 is 22.1 Å². The lowest BCUT2D eigenvalue weighted by Crippen LogP contribution is -2.07. The molecule has 0 bridgehead atoms. The van der Waals surface area contributed by atoms with Crippen molar-refractivity contribution in [2.24, 2.45) is 0 Å². The van der Waals surface area contributed by atoms with Crippen LogP contribution >= 0.6 is 0 Å². The van der Waals surface area contributed by atoms with Gasteiger partial charge in [0.25, 0.3) is 10.1 Å². The number of carbonyl (C=O) groups is 2. The van der Waals surface area contributed by atoms with Gasteiger partial charge in [0.1, 0.15) is 0 Å². The second kappa shape index (κ2) is 4.53. The number of hydrogen-bond acceptors (Lipinski definition) is 5. The van der Waals surface area contributed by atoms with Crippen LogP contribution in [-0.4, -0.2) is 24.9 Å². The van der Waals surface area contributed by atoms with Gasteiger partial charge in [0.15, 0.2) is 0 Å². The quantitative estimate of drug-likeness (QED) is 0.293. The summed E-state index contributed by atoms with van der Waals surface area (Å²) in [7, 11) is -4.38. The standard InChI is InChI=1S/C6H6O6S/c1-2-5(7)12-6(8)3-4-13(9,10)11/h2-4H,1H2,(H,9,10,11). The van der Waals surface area contributed by atoms with Gasteiger partial charge in [-0.3, -0.25) is 4.55 Å². The third-order valence-corrected chi connectivity index (χ3v) is 1.22. The Bertz CT molecular complexity index is 349. The van der Waals surface area contributed by atoms with E-state index in [9.17, 15) is 18.0 Å². The molecule has 0 aromatic carbocycles. The van der Waals surface area contributed by atoms with Crippen molar-refractivity contribution in [1.29, 1.82) is 0 Å². The molecule has 0 aliphatic rings. The summed E-state index contributed by atoms with van der Waals surface area (Å²) < 4.78 is 32.2. The largest absolute Gasteiger partial charge is 0.387 e.